The monoisotopic (exact) mass is 795 g/mol. The average molecular weight is 796 g/mol. The van der Waals surface area contributed by atoms with Crippen LogP contribution in [0.5, 0.6) is 5.75 Å². The molecule has 2 atom stereocenters. The van der Waals surface area contributed by atoms with Crippen LogP contribution in [0, 0.1) is 11.7 Å². The van der Waals surface area contributed by atoms with E-state index in [4.69, 9.17) is 0 Å². The highest BCUT2D eigenvalue weighted by molar-refractivity contribution is 5.97. The molecule has 8 nitrogen and oxygen atoms in total. The molecule has 2 aromatic carbocycles. The average Bonchev–Trinajstić information content (AvgIpc) is 3.21. The van der Waals surface area contributed by atoms with Crippen LogP contribution in [0.25, 0.3) is 11.1 Å². The predicted octanol–water partition coefficient (Wildman–Crippen LogP) is 8.64. The quantitative estimate of drug-likeness (QED) is 0.200. The molecule has 58 heavy (non-hydrogen) atoms. The number of amides is 2. The Morgan fingerprint density at radius 2 is 1.57 bits per heavy atom. The molecule has 0 spiro atoms. The van der Waals surface area contributed by atoms with Gasteiger partial charge in [0.25, 0.3) is 11.8 Å². The summed E-state index contributed by atoms with van der Waals surface area (Å²) < 4.78 is 57.2. The summed E-state index contributed by atoms with van der Waals surface area (Å²) in [5.74, 6) is -1.16. The third-order valence-corrected chi connectivity index (χ3v) is 11.3. The van der Waals surface area contributed by atoms with Crippen molar-refractivity contribution in [3.8, 4) is 16.9 Å². The highest BCUT2D eigenvalue weighted by Crippen LogP contribution is 2.31. The van der Waals surface area contributed by atoms with Crippen molar-refractivity contribution in [1.29, 1.82) is 0 Å². The van der Waals surface area contributed by atoms with E-state index in [2.05, 4.69) is 79.6 Å². The van der Waals surface area contributed by atoms with Gasteiger partial charge in [-0.05, 0) is 91.5 Å². The number of nitrogens with one attached hydrogen (secondary N) is 2. The van der Waals surface area contributed by atoms with Gasteiger partial charge in [0.1, 0.15) is 11.6 Å². The third-order valence-electron chi connectivity index (χ3n) is 11.3. The maximum Gasteiger partial charge on any atom is 0.573 e. The fourth-order valence-electron chi connectivity index (χ4n) is 8.13. The van der Waals surface area contributed by atoms with Crippen LogP contribution < -0.4 is 15.4 Å². The molecular formula is C46H49F4N5O3. The molecule has 4 aliphatic rings. The molecule has 3 heterocycles. The van der Waals surface area contributed by atoms with Crippen LogP contribution in [-0.4, -0.2) is 77.8 Å². The van der Waals surface area contributed by atoms with Crippen LogP contribution in [0.3, 0.4) is 0 Å². The Balaban J connectivity index is 0.871. The van der Waals surface area contributed by atoms with Crippen molar-refractivity contribution in [3.05, 3.63) is 143 Å². The first-order valence-electron chi connectivity index (χ1n) is 20.1. The number of aromatic nitrogens is 1. The zero-order chi connectivity index (χ0) is 40.6. The number of nitrogens with zero attached hydrogens (tertiary/aromatic N) is 3. The summed E-state index contributed by atoms with van der Waals surface area (Å²) in [6.07, 6.45) is 18.9. The number of hydrogen-bond donors (Lipinski definition) is 2. The number of ether oxygens (including phenoxy) is 1. The molecule has 2 aliphatic carbocycles. The largest absolute Gasteiger partial charge is 0.573 e. The van der Waals surface area contributed by atoms with Crippen LogP contribution in [0.15, 0.2) is 126 Å². The van der Waals surface area contributed by atoms with Gasteiger partial charge in [-0.2, -0.15) is 0 Å². The first kappa shape index (κ1) is 40.7. The summed E-state index contributed by atoms with van der Waals surface area (Å²) in [7, 11) is 0. The summed E-state index contributed by atoms with van der Waals surface area (Å²) in [4.78, 5) is 35.5. The van der Waals surface area contributed by atoms with Crippen molar-refractivity contribution in [2.24, 2.45) is 5.92 Å². The van der Waals surface area contributed by atoms with E-state index in [1.54, 1.807) is 12.3 Å². The zero-order valence-electron chi connectivity index (χ0n) is 32.6. The Labute approximate surface area is 337 Å². The zero-order valence-corrected chi connectivity index (χ0v) is 32.6. The highest BCUT2D eigenvalue weighted by atomic mass is 19.4. The Morgan fingerprint density at radius 1 is 0.845 bits per heavy atom. The number of pyridine rings is 1. The van der Waals surface area contributed by atoms with Crippen LogP contribution in [0.2, 0.25) is 0 Å². The van der Waals surface area contributed by atoms with E-state index in [0.717, 1.165) is 88.9 Å². The van der Waals surface area contributed by atoms with E-state index >= 15 is 4.39 Å². The lowest BCUT2D eigenvalue weighted by molar-refractivity contribution is -0.274. The van der Waals surface area contributed by atoms with E-state index in [1.807, 2.05) is 18.3 Å². The lowest BCUT2D eigenvalue weighted by Gasteiger charge is -2.35. The number of alkyl halides is 3. The molecule has 7 rings (SSSR count). The maximum atomic E-state index is 15.6. The van der Waals surface area contributed by atoms with E-state index in [-0.39, 0.29) is 35.0 Å². The van der Waals surface area contributed by atoms with Gasteiger partial charge in [-0.25, -0.2) is 4.39 Å². The Hall–Kier alpha value is -5.49. The van der Waals surface area contributed by atoms with Gasteiger partial charge < -0.3 is 20.3 Å². The van der Waals surface area contributed by atoms with Crippen LogP contribution >= 0.6 is 0 Å². The fourth-order valence-corrected chi connectivity index (χ4v) is 8.13. The molecule has 304 valence electrons. The van der Waals surface area contributed by atoms with Gasteiger partial charge in [-0.3, -0.25) is 19.5 Å². The number of allylic oxidation sites excluding steroid dienone is 5. The number of hydrogen-bond acceptors (Lipinski definition) is 6. The number of benzene rings is 2. The second kappa shape index (κ2) is 18.4. The topological polar surface area (TPSA) is 86.8 Å². The number of likely N-dealkylation sites (tertiary alicyclic amines) is 2. The normalized spacial score (nSPS) is 21.0. The molecule has 0 radical (unpaired) electrons. The van der Waals surface area contributed by atoms with Crippen molar-refractivity contribution in [2.75, 3.05) is 32.7 Å². The van der Waals surface area contributed by atoms with E-state index in [1.165, 1.54) is 35.5 Å². The van der Waals surface area contributed by atoms with Crippen molar-refractivity contribution < 1.29 is 31.9 Å². The van der Waals surface area contributed by atoms with E-state index in [9.17, 15) is 22.8 Å². The first-order chi connectivity index (χ1) is 28.0. The minimum absolute atomic E-state index is 0.0177. The molecule has 3 aromatic rings. The third kappa shape index (κ3) is 10.7. The van der Waals surface area contributed by atoms with Crippen molar-refractivity contribution in [2.45, 2.75) is 69.8 Å². The van der Waals surface area contributed by atoms with Crippen LogP contribution in [0.1, 0.15) is 67.3 Å². The minimum Gasteiger partial charge on any atom is -0.406 e. The summed E-state index contributed by atoms with van der Waals surface area (Å²) >= 11 is 0. The predicted molar refractivity (Wildman–Crippen MR) is 216 cm³/mol. The van der Waals surface area contributed by atoms with Crippen LogP contribution in [-0.2, 0) is 4.79 Å². The molecular weight excluding hydrogens is 747 g/mol. The molecule has 1 aromatic heterocycles. The Kier molecular flexibility index (Phi) is 12.9. The van der Waals surface area contributed by atoms with Gasteiger partial charge in [0.05, 0.1) is 5.56 Å². The molecule has 0 bridgehead atoms. The number of halogens is 4. The summed E-state index contributed by atoms with van der Waals surface area (Å²) in [5, 5.41) is 6.28. The fraction of sp³-hybridized carbons (Fsp3) is 0.370. The maximum absolute atomic E-state index is 15.6. The van der Waals surface area contributed by atoms with Crippen molar-refractivity contribution in [3.63, 3.8) is 0 Å². The van der Waals surface area contributed by atoms with Gasteiger partial charge in [0.15, 0.2) is 0 Å². The van der Waals surface area contributed by atoms with Crippen LogP contribution in [0.4, 0.5) is 17.6 Å². The van der Waals surface area contributed by atoms with E-state index < -0.39 is 23.8 Å². The molecule has 2 saturated heterocycles. The lowest BCUT2D eigenvalue weighted by atomic mass is 9.90. The van der Waals surface area contributed by atoms with Gasteiger partial charge in [-0.15, -0.1) is 13.2 Å². The first-order valence-corrected chi connectivity index (χ1v) is 20.1. The summed E-state index contributed by atoms with van der Waals surface area (Å²) in [6, 6.07) is 13.3. The Bertz CT molecular complexity index is 2080. The molecule has 2 aliphatic heterocycles. The second-order valence-corrected chi connectivity index (χ2v) is 15.6. The second-order valence-electron chi connectivity index (χ2n) is 15.6. The molecule has 12 heteroatoms. The van der Waals surface area contributed by atoms with Gasteiger partial charge in [0.2, 0.25) is 0 Å². The van der Waals surface area contributed by atoms with Gasteiger partial charge in [0, 0.05) is 80.0 Å². The number of carbonyl (C=O) groups is 2. The molecule has 2 N–H and O–H groups in total. The van der Waals surface area contributed by atoms with Gasteiger partial charge in [-0.1, -0.05) is 73.7 Å². The molecule has 0 saturated carbocycles. The molecule has 2 amide bonds. The van der Waals surface area contributed by atoms with Crippen molar-refractivity contribution in [1.82, 2.24) is 25.4 Å². The minimum atomic E-state index is -4.83. The number of rotatable bonds is 10. The Morgan fingerprint density at radius 3 is 2.28 bits per heavy atom. The standard InChI is InChI=1S/C46H49F4N5O3/c1-31-10-14-39(55-25-20-38(21-26-55)52-44(56)35-6-2-5-34(28-35)36-7-4-22-51-29-36)15-11-32(27-31)30-54-23-18-37(19-24-54)53-45(57)42-9-3-8-41(43(42)47)33-12-16-40(17-13-33)58-46(48,49)50/h2-4,6-9,11-17,22,27-29,31,34,37-38H,5,10,18-21,23-26,30H2,1H3,(H,52,56)(H,53,57). The van der Waals surface area contributed by atoms with Gasteiger partial charge >= 0.3 is 6.36 Å². The van der Waals surface area contributed by atoms with Crippen molar-refractivity contribution >= 4 is 11.8 Å². The highest BCUT2D eigenvalue weighted by Gasteiger charge is 2.31. The summed E-state index contributed by atoms with van der Waals surface area (Å²) in [6.45, 7) is 6.30. The number of carbonyl (C=O) groups excluding carboxylic acids is 2. The SMILES string of the molecule is CC1C=C(CN2CCC(NC(=O)c3cccc(-c4ccc(OC(F)(F)F)cc4)c3F)CC2)C=CC(N2CCC(NC(=O)C3=CC(c4cccnc4)CC=C3)CC2)=CC1. The molecule has 2 unspecified atom stereocenters. The molecule has 2 fully saturated rings. The lowest BCUT2D eigenvalue weighted by Crippen LogP contribution is -2.45. The smallest absolute Gasteiger partial charge is 0.406 e. The van der Waals surface area contributed by atoms with E-state index in [0.29, 0.717) is 17.1 Å². The number of piperidine rings is 2. The summed E-state index contributed by atoms with van der Waals surface area (Å²) in [5.41, 5.74) is 4.62.